The van der Waals surface area contributed by atoms with Crippen molar-refractivity contribution in [3.63, 3.8) is 0 Å². The lowest BCUT2D eigenvalue weighted by atomic mass is 10.2. The van der Waals surface area contributed by atoms with Crippen LogP contribution in [-0.2, 0) is 26.1 Å². The number of rotatable bonds is 6. The van der Waals surface area contributed by atoms with Crippen LogP contribution in [-0.4, -0.2) is 45.0 Å². The average molecular weight is 408 g/mol. The van der Waals surface area contributed by atoms with Gasteiger partial charge in [-0.15, -0.1) is 11.3 Å². The Morgan fingerprint density at radius 3 is 2.67 bits per heavy atom. The fraction of sp³-hybridized carbons (Fsp3) is 0.421. The fourth-order valence-corrected chi connectivity index (χ4v) is 5.70. The van der Waals surface area contributed by atoms with E-state index in [2.05, 4.69) is 0 Å². The maximum atomic E-state index is 13.0. The first-order chi connectivity index (χ1) is 13.1. The molecule has 144 valence electrons. The van der Waals surface area contributed by atoms with Gasteiger partial charge in [0.1, 0.15) is 11.5 Å². The molecule has 4 rings (SSSR count). The lowest BCUT2D eigenvalue weighted by Crippen LogP contribution is -2.40. The molecule has 0 unspecified atom stereocenters. The van der Waals surface area contributed by atoms with E-state index in [1.807, 2.05) is 11.4 Å². The second kappa shape index (κ2) is 7.71. The molecule has 0 N–H and O–H groups in total. The molecule has 8 heteroatoms. The zero-order valence-corrected chi connectivity index (χ0v) is 16.4. The summed E-state index contributed by atoms with van der Waals surface area (Å²) in [6.45, 7) is 1.37. The first kappa shape index (κ1) is 18.6. The van der Waals surface area contributed by atoms with Crippen molar-refractivity contribution in [2.75, 3.05) is 26.3 Å². The highest BCUT2D eigenvalue weighted by Crippen LogP contribution is 2.43. The van der Waals surface area contributed by atoms with Crippen molar-refractivity contribution >= 4 is 27.3 Å². The van der Waals surface area contributed by atoms with Crippen molar-refractivity contribution in [3.8, 4) is 0 Å². The molecule has 2 heterocycles. The van der Waals surface area contributed by atoms with Crippen LogP contribution in [0.4, 0.5) is 0 Å². The molecular formula is C19H21NO5S2. The topological polar surface area (TPSA) is 72.9 Å². The maximum absolute atomic E-state index is 13.0. The molecule has 2 aromatic rings. The number of nitrogens with zero attached hydrogens (tertiary/aromatic N) is 1. The Morgan fingerprint density at radius 2 is 1.93 bits per heavy atom. The zero-order chi connectivity index (χ0) is 18.9. The minimum absolute atomic E-state index is 0.0689. The summed E-state index contributed by atoms with van der Waals surface area (Å²) >= 11 is 1.38. The molecule has 1 aromatic carbocycles. The number of morpholine rings is 1. The summed E-state index contributed by atoms with van der Waals surface area (Å²) in [6.07, 6.45) is 2.22. The number of hydrogen-bond acceptors (Lipinski definition) is 6. The average Bonchev–Trinajstić information content (AvgIpc) is 3.43. The number of carbonyl (C=O) groups is 1. The van der Waals surface area contributed by atoms with E-state index in [-0.39, 0.29) is 17.5 Å². The van der Waals surface area contributed by atoms with E-state index in [4.69, 9.17) is 9.47 Å². The van der Waals surface area contributed by atoms with Crippen molar-refractivity contribution in [3.05, 3.63) is 51.7 Å². The van der Waals surface area contributed by atoms with Gasteiger partial charge in [0.15, 0.2) is 0 Å². The van der Waals surface area contributed by atoms with E-state index >= 15 is 0 Å². The number of sulfonamides is 1. The number of benzene rings is 1. The van der Waals surface area contributed by atoms with Gasteiger partial charge in [0.25, 0.3) is 0 Å². The van der Waals surface area contributed by atoms with Crippen LogP contribution in [0.2, 0.25) is 0 Å². The predicted octanol–water partition coefficient (Wildman–Crippen LogP) is 3.00. The molecule has 27 heavy (non-hydrogen) atoms. The van der Waals surface area contributed by atoms with E-state index in [1.165, 1.54) is 15.6 Å². The van der Waals surface area contributed by atoms with Crippen molar-refractivity contribution in [1.82, 2.24) is 4.31 Å². The summed E-state index contributed by atoms with van der Waals surface area (Å²) in [5.74, 6) is 0.0817. The Hall–Kier alpha value is -1.74. The normalized spacial score (nSPS) is 18.4. The molecular weight excluding hydrogens is 386 g/mol. The van der Waals surface area contributed by atoms with Gasteiger partial charge >= 0.3 is 5.97 Å². The van der Waals surface area contributed by atoms with Gasteiger partial charge in [-0.3, -0.25) is 0 Å². The minimum Gasteiger partial charge on any atom is -0.457 e. The van der Waals surface area contributed by atoms with Gasteiger partial charge in [-0.2, -0.15) is 4.31 Å². The smallest absolute Gasteiger partial charge is 0.348 e. The van der Waals surface area contributed by atoms with E-state index in [0.29, 0.717) is 42.7 Å². The van der Waals surface area contributed by atoms with Crippen LogP contribution in [0.25, 0.3) is 0 Å². The van der Waals surface area contributed by atoms with E-state index in [9.17, 15) is 13.2 Å². The third kappa shape index (κ3) is 3.94. The molecule has 6 nitrogen and oxygen atoms in total. The van der Waals surface area contributed by atoms with Crippen molar-refractivity contribution in [2.45, 2.75) is 30.3 Å². The summed E-state index contributed by atoms with van der Waals surface area (Å²) in [4.78, 5) is 13.3. The number of thiophene rings is 1. The second-order valence-corrected chi connectivity index (χ2v) is 9.50. The number of hydrogen-bond donors (Lipinski definition) is 0. The number of ether oxygens (including phenoxy) is 2. The quantitative estimate of drug-likeness (QED) is 0.689. The lowest BCUT2D eigenvalue weighted by molar-refractivity contribution is 0.0473. The second-order valence-electron chi connectivity index (χ2n) is 6.68. The van der Waals surface area contributed by atoms with Crippen molar-refractivity contribution in [1.29, 1.82) is 0 Å². The van der Waals surface area contributed by atoms with Crippen LogP contribution in [0.15, 0.2) is 40.6 Å². The number of esters is 1. The molecule has 1 saturated carbocycles. The highest BCUT2D eigenvalue weighted by atomic mass is 32.2. The van der Waals surface area contributed by atoms with Gasteiger partial charge in [-0.25, -0.2) is 13.2 Å². The molecule has 0 bridgehead atoms. The molecule has 2 fully saturated rings. The van der Waals surface area contributed by atoms with Crippen molar-refractivity contribution < 1.29 is 22.7 Å². The van der Waals surface area contributed by atoms with Gasteiger partial charge in [0, 0.05) is 18.7 Å². The minimum atomic E-state index is -3.64. The Bertz CT molecular complexity index is 927. The summed E-state index contributed by atoms with van der Waals surface area (Å²) in [5, 5.41) is 1.90. The highest BCUT2D eigenvalue weighted by molar-refractivity contribution is 7.89. The van der Waals surface area contributed by atoms with Crippen LogP contribution in [0.1, 0.15) is 39.6 Å². The van der Waals surface area contributed by atoms with Crippen LogP contribution in [0.3, 0.4) is 0 Å². The Morgan fingerprint density at radius 1 is 1.19 bits per heavy atom. The van der Waals surface area contributed by atoms with Crippen molar-refractivity contribution in [2.24, 2.45) is 0 Å². The highest BCUT2D eigenvalue weighted by Gasteiger charge is 2.31. The largest absolute Gasteiger partial charge is 0.457 e. The van der Waals surface area contributed by atoms with Crippen LogP contribution in [0, 0.1) is 0 Å². The molecule has 1 aliphatic carbocycles. The zero-order valence-electron chi connectivity index (χ0n) is 14.8. The van der Waals surface area contributed by atoms with Gasteiger partial charge in [-0.1, -0.05) is 18.2 Å². The molecule has 0 amide bonds. The van der Waals surface area contributed by atoms with Gasteiger partial charge in [-0.05, 0) is 41.8 Å². The summed E-state index contributed by atoms with van der Waals surface area (Å²) in [6, 6.07) is 8.67. The standard InChI is InChI=1S/C19H21NO5S2/c21-19(18-16(7-12-26-18)14-5-6-14)25-13-15-3-1-2-4-17(15)27(22,23)20-8-10-24-11-9-20/h1-4,7,12,14H,5-6,8-11,13H2. The molecule has 0 spiro atoms. The predicted molar refractivity (Wildman–Crippen MR) is 101 cm³/mol. The summed E-state index contributed by atoms with van der Waals surface area (Å²) in [5.41, 5.74) is 1.54. The molecule has 2 aliphatic rings. The summed E-state index contributed by atoms with van der Waals surface area (Å²) in [7, 11) is -3.64. The summed E-state index contributed by atoms with van der Waals surface area (Å²) < 4.78 is 38.1. The molecule has 0 atom stereocenters. The maximum Gasteiger partial charge on any atom is 0.348 e. The molecule has 1 aromatic heterocycles. The van der Waals surface area contributed by atoms with E-state index in [1.54, 1.807) is 24.3 Å². The van der Waals surface area contributed by atoms with E-state index < -0.39 is 10.0 Å². The molecule has 1 saturated heterocycles. The van der Waals surface area contributed by atoms with Gasteiger partial charge < -0.3 is 9.47 Å². The Balaban J connectivity index is 1.51. The Kier molecular flexibility index (Phi) is 5.32. The monoisotopic (exact) mass is 407 g/mol. The number of carbonyl (C=O) groups excluding carboxylic acids is 1. The Labute approximate surface area is 162 Å². The molecule has 1 aliphatic heterocycles. The fourth-order valence-electron chi connectivity index (χ4n) is 3.21. The van der Waals surface area contributed by atoms with Crippen LogP contribution >= 0.6 is 11.3 Å². The van der Waals surface area contributed by atoms with Crippen LogP contribution in [0.5, 0.6) is 0 Å². The third-order valence-electron chi connectivity index (χ3n) is 4.82. The first-order valence-corrected chi connectivity index (χ1v) is 11.3. The van der Waals surface area contributed by atoms with Gasteiger partial charge in [0.05, 0.1) is 18.1 Å². The van der Waals surface area contributed by atoms with Crippen LogP contribution < -0.4 is 0 Å². The van der Waals surface area contributed by atoms with E-state index in [0.717, 1.165) is 18.4 Å². The SMILES string of the molecule is O=C(OCc1ccccc1S(=O)(=O)N1CCOCC1)c1sccc1C1CC1. The lowest BCUT2D eigenvalue weighted by Gasteiger charge is -2.26. The first-order valence-electron chi connectivity index (χ1n) is 8.97. The molecule has 0 radical (unpaired) electrons. The third-order valence-corrected chi connectivity index (χ3v) is 7.73. The van der Waals surface area contributed by atoms with Gasteiger partial charge in [0.2, 0.25) is 10.0 Å².